The zero-order chi connectivity index (χ0) is 16.1. The van der Waals surface area contributed by atoms with Crippen molar-refractivity contribution >= 4 is 22.9 Å². The summed E-state index contributed by atoms with van der Waals surface area (Å²) in [5, 5.41) is 2.06. The first-order chi connectivity index (χ1) is 11.3. The SMILES string of the molecule is COc1ccccc1N1CCN(C(=O)CCc2cccs2)CC1. The molecule has 1 aromatic carbocycles. The number of rotatable bonds is 5. The Morgan fingerprint density at radius 1 is 1.13 bits per heavy atom. The van der Waals surface area contributed by atoms with Crippen LogP contribution >= 0.6 is 11.3 Å². The molecule has 4 nitrogen and oxygen atoms in total. The van der Waals surface area contributed by atoms with Crippen molar-refractivity contribution in [1.82, 2.24) is 4.90 Å². The number of methoxy groups -OCH3 is 1. The van der Waals surface area contributed by atoms with Gasteiger partial charge in [0, 0.05) is 37.5 Å². The van der Waals surface area contributed by atoms with Crippen LogP contribution in [0.4, 0.5) is 5.69 Å². The number of hydrogen-bond donors (Lipinski definition) is 0. The number of aryl methyl sites for hydroxylation is 1. The van der Waals surface area contributed by atoms with Gasteiger partial charge < -0.3 is 14.5 Å². The van der Waals surface area contributed by atoms with Crippen molar-refractivity contribution in [3.63, 3.8) is 0 Å². The Hall–Kier alpha value is -2.01. The average Bonchev–Trinajstić information content (AvgIpc) is 3.13. The number of ether oxygens (including phenoxy) is 1. The highest BCUT2D eigenvalue weighted by molar-refractivity contribution is 7.09. The predicted octanol–water partition coefficient (Wildman–Crippen LogP) is 3.04. The molecular weight excluding hydrogens is 308 g/mol. The Labute approximate surface area is 141 Å². The number of amides is 1. The normalized spacial score (nSPS) is 14.8. The highest BCUT2D eigenvalue weighted by Gasteiger charge is 2.22. The van der Waals surface area contributed by atoms with Crippen LogP contribution in [0, 0.1) is 0 Å². The number of anilines is 1. The van der Waals surface area contributed by atoms with E-state index in [1.54, 1.807) is 18.4 Å². The second-order valence-corrected chi connectivity index (χ2v) is 6.65. The summed E-state index contributed by atoms with van der Waals surface area (Å²) in [5.41, 5.74) is 1.11. The molecule has 0 atom stereocenters. The number of nitrogens with zero attached hydrogens (tertiary/aromatic N) is 2. The van der Waals surface area contributed by atoms with Gasteiger partial charge in [-0.05, 0) is 30.0 Å². The molecule has 0 bridgehead atoms. The number of piperazine rings is 1. The average molecular weight is 330 g/mol. The molecule has 5 heteroatoms. The largest absolute Gasteiger partial charge is 0.495 e. The van der Waals surface area contributed by atoms with Gasteiger partial charge in [0.15, 0.2) is 0 Å². The summed E-state index contributed by atoms with van der Waals surface area (Å²) in [5.74, 6) is 1.16. The molecule has 0 unspecified atom stereocenters. The van der Waals surface area contributed by atoms with Crippen molar-refractivity contribution in [3.05, 3.63) is 46.7 Å². The molecule has 0 aliphatic carbocycles. The van der Waals surface area contributed by atoms with E-state index in [4.69, 9.17) is 4.74 Å². The fourth-order valence-corrected chi connectivity index (χ4v) is 3.64. The van der Waals surface area contributed by atoms with E-state index < -0.39 is 0 Å². The maximum absolute atomic E-state index is 12.3. The van der Waals surface area contributed by atoms with E-state index in [0.29, 0.717) is 6.42 Å². The van der Waals surface area contributed by atoms with Gasteiger partial charge in [-0.25, -0.2) is 0 Å². The molecule has 2 aromatic rings. The molecule has 122 valence electrons. The standard InChI is InChI=1S/C18H22N2O2S/c1-22-17-7-3-2-6-16(17)19-10-12-20(13-11-19)18(21)9-8-15-5-4-14-23-15/h2-7,14H,8-13H2,1H3. The number of carbonyl (C=O) groups is 1. The van der Waals surface area contributed by atoms with Crippen molar-refractivity contribution < 1.29 is 9.53 Å². The molecule has 1 aliphatic rings. The lowest BCUT2D eigenvalue weighted by molar-refractivity contribution is -0.131. The Morgan fingerprint density at radius 2 is 1.91 bits per heavy atom. The van der Waals surface area contributed by atoms with Gasteiger partial charge in [-0.2, -0.15) is 0 Å². The molecule has 0 saturated carbocycles. The highest BCUT2D eigenvalue weighted by atomic mass is 32.1. The quantitative estimate of drug-likeness (QED) is 0.845. The van der Waals surface area contributed by atoms with Crippen molar-refractivity contribution in [3.8, 4) is 5.75 Å². The molecular formula is C18H22N2O2S. The first kappa shape index (κ1) is 15.9. The first-order valence-electron chi connectivity index (χ1n) is 7.96. The number of para-hydroxylation sites is 2. The lowest BCUT2D eigenvalue weighted by Gasteiger charge is -2.36. The van der Waals surface area contributed by atoms with Crippen LogP contribution in [0.2, 0.25) is 0 Å². The minimum Gasteiger partial charge on any atom is -0.495 e. The Bertz CT molecular complexity index is 634. The van der Waals surface area contributed by atoms with Crippen LogP contribution in [0.15, 0.2) is 41.8 Å². The lowest BCUT2D eigenvalue weighted by Crippen LogP contribution is -2.48. The molecule has 1 amide bonds. The van der Waals surface area contributed by atoms with Gasteiger partial charge in [-0.15, -0.1) is 11.3 Å². The maximum atomic E-state index is 12.3. The number of benzene rings is 1. The van der Waals surface area contributed by atoms with Crippen molar-refractivity contribution in [2.24, 2.45) is 0 Å². The van der Waals surface area contributed by atoms with Gasteiger partial charge in [0.05, 0.1) is 12.8 Å². The number of thiophene rings is 1. The van der Waals surface area contributed by atoms with E-state index in [-0.39, 0.29) is 5.91 Å². The second kappa shape index (κ2) is 7.51. The molecule has 2 heterocycles. The van der Waals surface area contributed by atoms with Crippen LogP contribution in [0.25, 0.3) is 0 Å². The summed E-state index contributed by atoms with van der Waals surface area (Å²) in [4.78, 5) is 17.9. The molecule has 1 fully saturated rings. The second-order valence-electron chi connectivity index (χ2n) is 5.62. The lowest BCUT2D eigenvalue weighted by atomic mass is 10.2. The zero-order valence-corrected chi connectivity index (χ0v) is 14.2. The van der Waals surface area contributed by atoms with Gasteiger partial charge in [0.1, 0.15) is 5.75 Å². The van der Waals surface area contributed by atoms with Crippen LogP contribution in [0.1, 0.15) is 11.3 Å². The molecule has 0 spiro atoms. The zero-order valence-electron chi connectivity index (χ0n) is 13.4. The fourth-order valence-electron chi connectivity index (χ4n) is 2.93. The van der Waals surface area contributed by atoms with Gasteiger partial charge in [0.2, 0.25) is 5.91 Å². The molecule has 0 radical (unpaired) electrons. The third kappa shape index (κ3) is 3.85. The van der Waals surface area contributed by atoms with Crippen molar-refractivity contribution in [2.75, 3.05) is 38.2 Å². The van der Waals surface area contributed by atoms with Crippen LogP contribution < -0.4 is 9.64 Å². The van der Waals surface area contributed by atoms with Gasteiger partial charge in [-0.3, -0.25) is 4.79 Å². The first-order valence-corrected chi connectivity index (χ1v) is 8.84. The van der Waals surface area contributed by atoms with Crippen LogP contribution in [-0.4, -0.2) is 44.1 Å². The Morgan fingerprint density at radius 3 is 2.61 bits per heavy atom. The topological polar surface area (TPSA) is 32.8 Å². The summed E-state index contributed by atoms with van der Waals surface area (Å²) >= 11 is 1.72. The van der Waals surface area contributed by atoms with Crippen molar-refractivity contribution in [2.45, 2.75) is 12.8 Å². The third-order valence-corrected chi connectivity index (χ3v) is 5.16. The van der Waals surface area contributed by atoms with Crippen LogP contribution in [0.3, 0.4) is 0 Å². The van der Waals surface area contributed by atoms with Gasteiger partial charge >= 0.3 is 0 Å². The van der Waals surface area contributed by atoms with Gasteiger partial charge in [0.25, 0.3) is 0 Å². The van der Waals surface area contributed by atoms with E-state index in [9.17, 15) is 4.79 Å². The predicted molar refractivity (Wildman–Crippen MR) is 94.4 cm³/mol. The summed E-state index contributed by atoms with van der Waals surface area (Å²) in [6, 6.07) is 12.2. The number of hydrogen-bond acceptors (Lipinski definition) is 4. The monoisotopic (exact) mass is 330 g/mol. The van der Waals surface area contributed by atoms with Crippen LogP contribution in [0.5, 0.6) is 5.75 Å². The van der Waals surface area contributed by atoms with E-state index in [1.165, 1.54) is 4.88 Å². The molecule has 1 aliphatic heterocycles. The molecule has 1 aromatic heterocycles. The Kier molecular flexibility index (Phi) is 5.18. The number of carbonyl (C=O) groups excluding carboxylic acids is 1. The van der Waals surface area contributed by atoms with E-state index in [1.807, 2.05) is 29.2 Å². The van der Waals surface area contributed by atoms with Crippen molar-refractivity contribution in [1.29, 1.82) is 0 Å². The third-order valence-electron chi connectivity index (χ3n) is 4.22. The summed E-state index contributed by atoms with van der Waals surface area (Å²) in [6.45, 7) is 3.26. The summed E-state index contributed by atoms with van der Waals surface area (Å²) < 4.78 is 5.43. The molecule has 3 rings (SSSR count). The van der Waals surface area contributed by atoms with Gasteiger partial charge in [-0.1, -0.05) is 18.2 Å². The van der Waals surface area contributed by atoms with E-state index in [0.717, 1.165) is 44.0 Å². The maximum Gasteiger partial charge on any atom is 0.223 e. The minimum absolute atomic E-state index is 0.262. The summed E-state index contributed by atoms with van der Waals surface area (Å²) in [7, 11) is 1.70. The smallest absolute Gasteiger partial charge is 0.223 e. The van der Waals surface area contributed by atoms with Crippen LogP contribution in [-0.2, 0) is 11.2 Å². The fraction of sp³-hybridized carbons (Fsp3) is 0.389. The molecule has 0 N–H and O–H groups in total. The molecule has 23 heavy (non-hydrogen) atoms. The Balaban J connectivity index is 1.52. The summed E-state index contributed by atoms with van der Waals surface area (Å²) in [6.07, 6.45) is 1.46. The minimum atomic E-state index is 0.262. The van der Waals surface area contributed by atoms with E-state index >= 15 is 0 Å². The van der Waals surface area contributed by atoms with E-state index in [2.05, 4.69) is 22.4 Å². The highest BCUT2D eigenvalue weighted by Crippen LogP contribution is 2.28. The molecule has 1 saturated heterocycles.